The number of aromatic nitrogens is 2. The second kappa shape index (κ2) is 17.3. The molecule has 1 fully saturated rings. The molecule has 0 saturated carbocycles. The van der Waals surface area contributed by atoms with E-state index in [0.717, 1.165) is 33.8 Å². The van der Waals surface area contributed by atoms with E-state index in [1.165, 1.54) is 7.05 Å². The van der Waals surface area contributed by atoms with Gasteiger partial charge in [-0.3, -0.25) is 4.79 Å². The molecule has 1 saturated heterocycles. The van der Waals surface area contributed by atoms with Crippen LogP contribution in [0, 0.1) is 12.8 Å². The van der Waals surface area contributed by atoms with Crippen LogP contribution in [0.3, 0.4) is 0 Å². The van der Waals surface area contributed by atoms with Gasteiger partial charge in [-0.25, -0.2) is 23.2 Å². The van der Waals surface area contributed by atoms with E-state index >= 15 is 0 Å². The van der Waals surface area contributed by atoms with Gasteiger partial charge in [0.15, 0.2) is 0 Å². The third-order valence-electron chi connectivity index (χ3n) is 9.23. The van der Waals surface area contributed by atoms with Crippen molar-refractivity contribution in [2.45, 2.75) is 37.9 Å². The van der Waals surface area contributed by atoms with E-state index in [1.54, 1.807) is 65.8 Å². The molecule has 0 radical (unpaired) electrons. The third-order valence-corrected chi connectivity index (χ3v) is 11.0. The molecule has 0 atom stereocenters. The Morgan fingerprint density at radius 1 is 0.811 bits per heavy atom. The summed E-state index contributed by atoms with van der Waals surface area (Å²) < 4.78 is 40.1. The number of benzene rings is 4. The highest BCUT2D eigenvalue weighted by molar-refractivity contribution is 7.89. The molecule has 1 aromatic heterocycles. The maximum atomic E-state index is 14.3. The van der Waals surface area contributed by atoms with Crippen LogP contribution in [0.1, 0.15) is 39.9 Å². The summed E-state index contributed by atoms with van der Waals surface area (Å²) in [5, 5.41) is 0. The van der Waals surface area contributed by atoms with E-state index in [-0.39, 0.29) is 35.3 Å². The van der Waals surface area contributed by atoms with E-state index < -0.39 is 28.4 Å². The smallest absolute Gasteiger partial charge is 0.342 e. The first-order chi connectivity index (χ1) is 25.7. The minimum absolute atomic E-state index is 0.0820. The topological polar surface area (TPSA) is 122 Å². The molecule has 0 N–H and O–H groups in total. The number of likely N-dealkylation sites (N-methyl/N-ethyl adjacent to an activating group) is 1. The molecule has 0 aliphatic carbocycles. The standard InChI is InChI=1S/C41H43N5O6S/c1-31-14-17-36(18-15-31)53(49,50)44(2)28-39(47)46(27-32-20-24-45(25-21-32)41-42-22-9-23-43-41)35-16-19-37(40(48)52-30-34-12-7-4-8-13-34)38(26-35)51-29-33-10-5-3-6-11-33/h3-19,22-23,26,32H,20-21,24-25,27-30H2,1-2H3. The van der Waals surface area contributed by atoms with Crippen LogP contribution in [0.5, 0.6) is 5.75 Å². The Morgan fingerprint density at radius 3 is 2.08 bits per heavy atom. The average Bonchev–Trinajstić information content (AvgIpc) is 3.19. The van der Waals surface area contributed by atoms with Crippen LogP contribution in [0.25, 0.3) is 0 Å². The number of carbonyl (C=O) groups is 2. The van der Waals surface area contributed by atoms with E-state index in [1.807, 2.05) is 67.6 Å². The van der Waals surface area contributed by atoms with E-state index in [0.29, 0.717) is 31.3 Å². The van der Waals surface area contributed by atoms with Crippen molar-refractivity contribution in [1.82, 2.24) is 14.3 Å². The molecule has 1 aliphatic heterocycles. The highest BCUT2D eigenvalue weighted by atomic mass is 32.2. The van der Waals surface area contributed by atoms with Gasteiger partial charge in [0, 0.05) is 50.8 Å². The molecule has 4 aromatic carbocycles. The minimum Gasteiger partial charge on any atom is -0.488 e. The van der Waals surface area contributed by atoms with Gasteiger partial charge < -0.3 is 19.3 Å². The molecule has 12 heteroatoms. The lowest BCUT2D eigenvalue weighted by molar-refractivity contribution is -0.118. The zero-order valence-electron chi connectivity index (χ0n) is 29.9. The Balaban J connectivity index is 1.28. The highest BCUT2D eigenvalue weighted by Crippen LogP contribution is 2.31. The predicted octanol–water partition coefficient (Wildman–Crippen LogP) is 6.29. The molecule has 2 heterocycles. The summed E-state index contributed by atoms with van der Waals surface area (Å²) in [4.78, 5) is 40.4. The van der Waals surface area contributed by atoms with E-state index in [2.05, 4.69) is 14.9 Å². The Kier molecular flexibility index (Phi) is 12.1. The minimum atomic E-state index is -3.95. The molecule has 11 nitrogen and oxygen atoms in total. The monoisotopic (exact) mass is 733 g/mol. The lowest BCUT2D eigenvalue weighted by atomic mass is 9.96. The predicted molar refractivity (Wildman–Crippen MR) is 203 cm³/mol. The van der Waals surface area contributed by atoms with Crippen molar-refractivity contribution in [3.8, 4) is 5.75 Å². The lowest BCUT2D eigenvalue weighted by Crippen LogP contribution is -2.45. The van der Waals surface area contributed by atoms with Crippen LogP contribution in [0.15, 0.2) is 126 Å². The normalized spacial score (nSPS) is 13.5. The fourth-order valence-electron chi connectivity index (χ4n) is 6.13. The summed E-state index contributed by atoms with van der Waals surface area (Å²) in [5.74, 6) is 0.0315. The van der Waals surface area contributed by atoms with Gasteiger partial charge in [0.1, 0.15) is 24.5 Å². The molecule has 0 bridgehead atoms. The van der Waals surface area contributed by atoms with Crippen LogP contribution in [-0.4, -0.2) is 67.8 Å². The fraction of sp³-hybridized carbons (Fsp3) is 0.268. The third kappa shape index (κ3) is 9.65. The molecular weight excluding hydrogens is 691 g/mol. The first kappa shape index (κ1) is 37.2. The first-order valence-electron chi connectivity index (χ1n) is 17.5. The molecule has 5 aromatic rings. The Hall–Kier alpha value is -5.59. The van der Waals surface area contributed by atoms with Crippen LogP contribution >= 0.6 is 0 Å². The second-order valence-corrected chi connectivity index (χ2v) is 15.1. The van der Waals surface area contributed by atoms with Crippen molar-refractivity contribution in [1.29, 1.82) is 0 Å². The average molecular weight is 734 g/mol. The number of nitrogens with zero attached hydrogens (tertiary/aromatic N) is 5. The Bertz CT molecular complexity index is 2080. The first-order valence-corrected chi connectivity index (χ1v) is 19.0. The molecule has 0 spiro atoms. The fourth-order valence-corrected chi connectivity index (χ4v) is 7.25. The van der Waals surface area contributed by atoms with Crippen molar-refractivity contribution in [2.24, 2.45) is 5.92 Å². The quantitative estimate of drug-likeness (QED) is 0.121. The maximum absolute atomic E-state index is 14.3. The van der Waals surface area contributed by atoms with Gasteiger partial charge in [-0.15, -0.1) is 0 Å². The number of esters is 1. The van der Waals surface area contributed by atoms with Crippen molar-refractivity contribution < 1.29 is 27.5 Å². The van der Waals surface area contributed by atoms with Crippen molar-refractivity contribution in [3.63, 3.8) is 0 Å². The van der Waals surface area contributed by atoms with Crippen LogP contribution < -0.4 is 14.5 Å². The summed E-state index contributed by atoms with van der Waals surface area (Å²) in [6.45, 7) is 3.48. The van der Waals surface area contributed by atoms with Gasteiger partial charge in [0.05, 0.1) is 11.4 Å². The van der Waals surface area contributed by atoms with Crippen LogP contribution in [0.2, 0.25) is 0 Å². The van der Waals surface area contributed by atoms with Gasteiger partial charge in [0.25, 0.3) is 0 Å². The van der Waals surface area contributed by atoms with Gasteiger partial charge in [-0.1, -0.05) is 78.4 Å². The lowest BCUT2D eigenvalue weighted by Gasteiger charge is -2.35. The number of hydrogen-bond acceptors (Lipinski definition) is 9. The maximum Gasteiger partial charge on any atom is 0.342 e. The number of rotatable bonds is 14. The van der Waals surface area contributed by atoms with Gasteiger partial charge in [-0.2, -0.15) is 4.31 Å². The van der Waals surface area contributed by atoms with Gasteiger partial charge in [0.2, 0.25) is 21.9 Å². The zero-order chi connectivity index (χ0) is 37.2. The SMILES string of the molecule is Cc1ccc(S(=O)(=O)N(C)CC(=O)N(CC2CCN(c3ncccn3)CC2)c2ccc(C(=O)OCc3ccccc3)c(OCc3ccccc3)c2)cc1. The second-order valence-electron chi connectivity index (χ2n) is 13.1. The number of sulfonamides is 1. The number of anilines is 2. The number of ether oxygens (including phenoxy) is 2. The van der Waals surface area contributed by atoms with Crippen LogP contribution in [-0.2, 0) is 32.8 Å². The number of carbonyl (C=O) groups excluding carboxylic acids is 2. The summed E-state index contributed by atoms with van der Waals surface area (Å²) >= 11 is 0. The summed E-state index contributed by atoms with van der Waals surface area (Å²) in [6.07, 6.45) is 4.96. The van der Waals surface area contributed by atoms with E-state index in [9.17, 15) is 18.0 Å². The number of aryl methyl sites for hydroxylation is 1. The van der Waals surface area contributed by atoms with Crippen molar-refractivity contribution in [3.05, 3.63) is 144 Å². The number of piperidine rings is 1. The number of amides is 1. The molecular formula is C41H43N5O6S. The Morgan fingerprint density at radius 2 is 1.43 bits per heavy atom. The zero-order valence-corrected chi connectivity index (χ0v) is 30.7. The molecule has 274 valence electrons. The van der Waals surface area contributed by atoms with E-state index in [4.69, 9.17) is 9.47 Å². The van der Waals surface area contributed by atoms with Gasteiger partial charge in [-0.05, 0) is 67.1 Å². The van der Waals surface area contributed by atoms with Crippen LogP contribution in [0.4, 0.5) is 11.6 Å². The highest BCUT2D eigenvalue weighted by Gasteiger charge is 2.30. The molecule has 0 unspecified atom stereocenters. The van der Waals surface area contributed by atoms with Crippen molar-refractivity contribution in [2.75, 3.05) is 43.0 Å². The largest absolute Gasteiger partial charge is 0.488 e. The Labute approximate surface area is 310 Å². The summed E-state index contributed by atoms with van der Waals surface area (Å²) in [6, 6.07) is 32.2. The van der Waals surface area contributed by atoms with Gasteiger partial charge >= 0.3 is 5.97 Å². The molecule has 1 aliphatic rings. The molecule has 6 rings (SSSR count). The molecule has 1 amide bonds. The van der Waals surface area contributed by atoms with Crippen molar-refractivity contribution >= 4 is 33.5 Å². The summed E-state index contributed by atoms with van der Waals surface area (Å²) in [7, 11) is -2.55. The number of hydrogen-bond donors (Lipinski definition) is 0. The molecule has 53 heavy (non-hydrogen) atoms. The summed E-state index contributed by atoms with van der Waals surface area (Å²) in [5.41, 5.74) is 3.36.